The molecule has 0 aliphatic carbocycles. The summed E-state index contributed by atoms with van der Waals surface area (Å²) in [6.07, 6.45) is 1.80. The summed E-state index contributed by atoms with van der Waals surface area (Å²) in [5.41, 5.74) is 0. The maximum Gasteiger partial charge on any atom is 0.0610 e. The Morgan fingerprint density at radius 3 is 2.92 bits per heavy atom. The number of nitrogens with one attached hydrogen (secondary N) is 3. The molecular formula is C8H18N4. The third-order valence-electron chi connectivity index (χ3n) is 2.79. The van der Waals surface area contributed by atoms with Crippen LogP contribution in [0.4, 0.5) is 0 Å². The van der Waals surface area contributed by atoms with E-state index >= 15 is 0 Å². The molecule has 2 aliphatic heterocycles. The van der Waals surface area contributed by atoms with E-state index in [1.54, 1.807) is 0 Å². The van der Waals surface area contributed by atoms with Crippen LogP contribution in [0.2, 0.25) is 0 Å². The molecule has 2 aliphatic rings. The van der Waals surface area contributed by atoms with E-state index in [-0.39, 0.29) is 0 Å². The molecule has 4 heteroatoms. The molecule has 0 aromatic carbocycles. The first kappa shape index (κ1) is 8.44. The van der Waals surface area contributed by atoms with Crippen LogP contribution >= 0.6 is 0 Å². The van der Waals surface area contributed by atoms with Crippen molar-refractivity contribution < 1.29 is 0 Å². The minimum atomic E-state index is 0.586. The second-order valence-corrected chi connectivity index (χ2v) is 3.72. The normalized spacial score (nSPS) is 37.8. The van der Waals surface area contributed by atoms with E-state index in [0.717, 1.165) is 19.8 Å². The molecule has 2 fully saturated rings. The minimum Gasteiger partial charge on any atom is -0.303 e. The van der Waals surface area contributed by atoms with Crippen LogP contribution in [0.1, 0.15) is 6.42 Å². The number of likely N-dealkylation sites (N-methyl/N-ethyl adjacent to an activating group) is 1. The fourth-order valence-corrected chi connectivity index (χ4v) is 1.95. The van der Waals surface area contributed by atoms with Gasteiger partial charge in [0.05, 0.1) is 6.17 Å². The maximum absolute atomic E-state index is 3.49. The number of hydrogen-bond acceptors (Lipinski definition) is 4. The van der Waals surface area contributed by atoms with Gasteiger partial charge in [-0.1, -0.05) is 0 Å². The van der Waals surface area contributed by atoms with Gasteiger partial charge in [-0.25, -0.2) is 0 Å². The largest absolute Gasteiger partial charge is 0.303 e. The van der Waals surface area contributed by atoms with Gasteiger partial charge in [0.2, 0.25) is 0 Å². The lowest BCUT2D eigenvalue weighted by Gasteiger charge is -2.22. The molecule has 2 atom stereocenters. The van der Waals surface area contributed by atoms with Crippen molar-refractivity contribution in [1.29, 1.82) is 0 Å². The average molecular weight is 170 g/mol. The summed E-state index contributed by atoms with van der Waals surface area (Å²) in [5, 5.41) is 10.2. The van der Waals surface area contributed by atoms with Gasteiger partial charge in [0, 0.05) is 32.3 Å². The summed E-state index contributed by atoms with van der Waals surface area (Å²) in [6.45, 7) is 4.42. The summed E-state index contributed by atoms with van der Waals surface area (Å²) in [5.74, 6) is 0. The minimum absolute atomic E-state index is 0.586. The molecule has 0 amide bonds. The van der Waals surface area contributed by atoms with Gasteiger partial charge in [0.25, 0.3) is 0 Å². The van der Waals surface area contributed by atoms with Crippen molar-refractivity contribution in [3.05, 3.63) is 0 Å². The standard InChI is InChI=1S/C8H18N4/c1-12-3-2-10-8(12)4-7-5-9-6-11-7/h7-11H,2-6H2,1H3. The Balaban J connectivity index is 1.77. The second kappa shape index (κ2) is 3.70. The molecule has 3 N–H and O–H groups in total. The summed E-state index contributed by atoms with van der Waals surface area (Å²) in [6, 6.07) is 0.656. The van der Waals surface area contributed by atoms with Crippen molar-refractivity contribution in [3.8, 4) is 0 Å². The third kappa shape index (κ3) is 1.77. The summed E-state index contributed by atoms with van der Waals surface area (Å²) >= 11 is 0. The maximum atomic E-state index is 3.49. The van der Waals surface area contributed by atoms with Crippen LogP contribution in [0.5, 0.6) is 0 Å². The lowest BCUT2D eigenvalue weighted by atomic mass is 10.2. The van der Waals surface area contributed by atoms with Crippen molar-refractivity contribution in [3.63, 3.8) is 0 Å². The fraction of sp³-hybridized carbons (Fsp3) is 1.00. The first-order valence-electron chi connectivity index (χ1n) is 4.74. The van der Waals surface area contributed by atoms with Gasteiger partial charge in [-0.05, 0) is 13.5 Å². The van der Waals surface area contributed by atoms with Crippen molar-refractivity contribution in [2.24, 2.45) is 0 Å². The van der Waals surface area contributed by atoms with Gasteiger partial charge in [0.1, 0.15) is 0 Å². The molecule has 2 saturated heterocycles. The highest BCUT2D eigenvalue weighted by molar-refractivity contribution is 4.83. The SMILES string of the molecule is CN1CCNC1CC1CNCN1. The van der Waals surface area contributed by atoms with E-state index in [1.807, 2.05) is 0 Å². The van der Waals surface area contributed by atoms with Crippen molar-refractivity contribution >= 4 is 0 Å². The Hall–Kier alpha value is -0.160. The number of nitrogens with zero attached hydrogens (tertiary/aromatic N) is 1. The van der Waals surface area contributed by atoms with Gasteiger partial charge in [-0.15, -0.1) is 0 Å². The molecule has 12 heavy (non-hydrogen) atoms. The van der Waals surface area contributed by atoms with Crippen molar-refractivity contribution in [1.82, 2.24) is 20.9 Å². The average Bonchev–Trinajstić information content (AvgIpc) is 2.65. The van der Waals surface area contributed by atoms with Gasteiger partial charge < -0.3 is 16.0 Å². The van der Waals surface area contributed by atoms with Crippen LogP contribution in [-0.2, 0) is 0 Å². The van der Waals surface area contributed by atoms with Gasteiger partial charge in [-0.3, -0.25) is 4.90 Å². The predicted octanol–water partition coefficient (Wildman–Crippen LogP) is -1.24. The highest BCUT2D eigenvalue weighted by Gasteiger charge is 2.24. The molecule has 0 spiro atoms. The van der Waals surface area contributed by atoms with Crippen LogP contribution in [0.25, 0.3) is 0 Å². The Labute approximate surface area is 73.7 Å². The zero-order chi connectivity index (χ0) is 8.39. The topological polar surface area (TPSA) is 39.3 Å². The van der Waals surface area contributed by atoms with Crippen LogP contribution in [0.15, 0.2) is 0 Å². The van der Waals surface area contributed by atoms with Crippen LogP contribution in [0.3, 0.4) is 0 Å². The van der Waals surface area contributed by atoms with E-state index in [4.69, 9.17) is 0 Å². The first-order valence-corrected chi connectivity index (χ1v) is 4.74. The monoisotopic (exact) mass is 170 g/mol. The Bertz CT molecular complexity index is 144. The number of hydrogen-bond donors (Lipinski definition) is 3. The summed E-state index contributed by atoms with van der Waals surface area (Å²) < 4.78 is 0. The van der Waals surface area contributed by atoms with E-state index < -0.39 is 0 Å². The molecule has 0 saturated carbocycles. The van der Waals surface area contributed by atoms with Crippen molar-refractivity contribution in [2.75, 3.05) is 33.4 Å². The Kier molecular flexibility index (Phi) is 2.60. The van der Waals surface area contributed by atoms with Crippen molar-refractivity contribution in [2.45, 2.75) is 18.6 Å². The molecule has 0 aromatic rings. The smallest absolute Gasteiger partial charge is 0.0610 e. The highest BCUT2D eigenvalue weighted by atomic mass is 15.3. The quantitative estimate of drug-likeness (QED) is 0.484. The molecule has 2 unspecified atom stereocenters. The van der Waals surface area contributed by atoms with Gasteiger partial charge >= 0.3 is 0 Å². The summed E-state index contributed by atoms with van der Waals surface area (Å²) in [4.78, 5) is 2.39. The Morgan fingerprint density at radius 1 is 1.42 bits per heavy atom. The van der Waals surface area contributed by atoms with E-state index in [1.165, 1.54) is 13.0 Å². The second-order valence-electron chi connectivity index (χ2n) is 3.72. The molecule has 0 bridgehead atoms. The lowest BCUT2D eigenvalue weighted by Crippen LogP contribution is -2.39. The van der Waals surface area contributed by atoms with Crippen LogP contribution in [-0.4, -0.2) is 50.5 Å². The van der Waals surface area contributed by atoms with E-state index in [0.29, 0.717) is 12.2 Å². The van der Waals surface area contributed by atoms with Gasteiger partial charge in [-0.2, -0.15) is 0 Å². The molecular weight excluding hydrogens is 152 g/mol. The lowest BCUT2D eigenvalue weighted by molar-refractivity contribution is 0.262. The first-order chi connectivity index (χ1) is 5.86. The molecule has 0 aromatic heterocycles. The molecule has 2 rings (SSSR count). The molecule has 4 nitrogen and oxygen atoms in total. The summed E-state index contributed by atoms with van der Waals surface area (Å²) in [7, 11) is 2.19. The fourth-order valence-electron chi connectivity index (χ4n) is 1.95. The predicted molar refractivity (Wildman–Crippen MR) is 48.8 cm³/mol. The highest BCUT2D eigenvalue weighted by Crippen LogP contribution is 2.07. The number of rotatable bonds is 2. The molecule has 2 heterocycles. The Morgan fingerprint density at radius 2 is 2.33 bits per heavy atom. The molecule has 0 radical (unpaired) electrons. The zero-order valence-corrected chi connectivity index (χ0v) is 7.64. The van der Waals surface area contributed by atoms with Crippen LogP contribution < -0.4 is 16.0 Å². The van der Waals surface area contributed by atoms with E-state index in [9.17, 15) is 0 Å². The third-order valence-corrected chi connectivity index (χ3v) is 2.79. The van der Waals surface area contributed by atoms with Crippen LogP contribution in [0, 0.1) is 0 Å². The zero-order valence-electron chi connectivity index (χ0n) is 7.64. The van der Waals surface area contributed by atoms with Gasteiger partial charge in [0.15, 0.2) is 0 Å². The van der Waals surface area contributed by atoms with E-state index in [2.05, 4.69) is 27.9 Å². The molecule has 70 valence electrons.